The zero-order valence-corrected chi connectivity index (χ0v) is 11.8. The molecule has 1 aromatic rings. The SMILES string of the molecule is CCN(C)C(=O)Oc1ccc(C(C)N(C)C)cc1. The molecule has 0 bridgehead atoms. The van der Waals surface area contributed by atoms with Gasteiger partial charge in [-0.25, -0.2) is 4.79 Å². The molecule has 0 fully saturated rings. The van der Waals surface area contributed by atoms with E-state index in [0.29, 0.717) is 18.3 Å². The van der Waals surface area contributed by atoms with E-state index < -0.39 is 0 Å². The molecule has 0 aliphatic heterocycles. The Labute approximate surface area is 109 Å². The Morgan fingerprint density at radius 2 is 1.78 bits per heavy atom. The first kappa shape index (κ1) is 14.5. The highest BCUT2D eigenvalue weighted by Crippen LogP contribution is 2.20. The van der Waals surface area contributed by atoms with Gasteiger partial charge in [0, 0.05) is 19.6 Å². The molecule has 1 unspecified atom stereocenters. The fourth-order valence-corrected chi connectivity index (χ4v) is 1.42. The second kappa shape index (κ2) is 6.40. The third-order valence-electron chi connectivity index (χ3n) is 3.13. The largest absolute Gasteiger partial charge is 0.414 e. The average Bonchev–Trinajstić information content (AvgIpc) is 2.37. The lowest BCUT2D eigenvalue weighted by Crippen LogP contribution is -2.29. The van der Waals surface area contributed by atoms with Crippen LogP contribution in [-0.2, 0) is 0 Å². The molecule has 1 aromatic carbocycles. The summed E-state index contributed by atoms with van der Waals surface area (Å²) < 4.78 is 5.24. The molecule has 1 amide bonds. The summed E-state index contributed by atoms with van der Waals surface area (Å²) in [6.45, 7) is 4.67. The molecular formula is C14H22N2O2. The summed E-state index contributed by atoms with van der Waals surface area (Å²) in [7, 11) is 5.79. The van der Waals surface area contributed by atoms with Crippen LogP contribution >= 0.6 is 0 Å². The number of hydrogen-bond donors (Lipinski definition) is 0. The summed E-state index contributed by atoms with van der Waals surface area (Å²) in [5.74, 6) is 0.579. The highest BCUT2D eigenvalue weighted by atomic mass is 16.6. The fourth-order valence-electron chi connectivity index (χ4n) is 1.42. The molecule has 0 aliphatic carbocycles. The Bertz CT molecular complexity index is 387. The van der Waals surface area contributed by atoms with Crippen LogP contribution in [-0.4, -0.2) is 43.6 Å². The van der Waals surface area contributed by atoms with Gasteiger partial charge in [0.25, 0.3) is 0 Å². The summed E-state index contributed by atoms with van der Waals surface area (Å²) in [6.07, 6.45) is -0.328. The van der Waals surface area contributed by atoms with Gasteiger partial charge in [0.1, 0.15) is 5.75 Å². The maximum atomic E-state index is 11.6. The van der Waals surface area contributed by atoms with E-state index in [-0.39, 0.29) is 6.09 Å². The normalized spacial score (nSPS) is 12.3. The smallest absolute Gasteiger partial charge is 0.410 e. The first-order valence-corrected chi connectivity index (χ1v) is 6.15. The minimum absolute atomic E-state index is 0.328. The van der Waals surface area contributed by atoms with E-state index in [2.05, 4.69) is 11.8 Å². The minimum atomic E-state index is -0.328. The zero-order valence-electron chi connectivity index (χ0n) is 11.8. The number of rotatable bonds is 4. The lowest BCUT2D eigenvalue weighted by molar-refractivity contribution is 0.165. The van der Waals surface area contributed by atoms with Gasteiger partial charge in [0.15, 0.2) is 0 Å². The van der Waals surface area contributed by atoms with Crippen LogP contribution in [0.15, 0.2) is 24.3 Å². The van der Waals surface area contributed by atoms with Crippen LogP contribution in [0.5, 0.6) is 5.75 Å². The monoisotopic (exact) mass is 250 g/mol. The molecule has 0 saturated carbocycles. The van der Waals surface area contributed by atoms with Gasteiger partial charge in [0.05, 0.1) is 0 Å². The number of nitrogens with zero attached hydrogens (tertiary/aromatic N) is 2. The van der Waals surface area contributed by atoms with Crippen molar-refractivity contribution in [2.24, 2.45) is 0 Å². The van der Waals surface area contributed by atoms with Gasteiger partial charge in [-0.1, -0.05) is 12.1 Å². The first-order valence-electron chi connectivity index (χ1n) is 6.15. The summed E-state index contributed by atoms with van der Waals surface area (Å²) >= 11 is 0. The van der Waals surface area contributed by atoms with Crippen molar-refractivity contribution in [3.8, 4) is 5.75 Å². The Kier molecular flexibility index (Phi) is 5.16. The Morgan fingerprint density at radius 3 is 2.22 bits per heavy atom. The number of amides is 1. The molecule has 0 N–H and O–H groups in total. The lowest BCUT2D eigenvalue weighted by atomic mass is 10.1. The van der Waals surface area contributed by atoms with Crippen molar-refractivity contribution in [2.45, 2.75) is 19.9 Å². The highest BCUT2D eigenvalue weighted by molar-refractivity contribution is 5.70. The molecule has 0 spiro atoms. The molecule has 0 heterocycles. The summed E-state index contributed by atoms with van der Waals surface area (Å²) in [5, 5.41) is 0. The molecular weight excluding hydrogens is 228 g/mol. The van der Waals surface area contributed by atoms with Gasteiger partial charge in [0.2, 0.25) is 0 Å². The molecule has 4 heteroatoms. The van der Waals surface area contributed by atoms with E-state index in [4.69, 9.17) is 4.74 Å². The molecule has 0 radical (unpaired) electrons. The highest BCUT2D eigenvalue weighted by Gasteiger charge is 2.10. The second-order valence-corrected chi connectivity index (χ2v) is 4.59. The van der Waals surface area contributed by atoms with Gasteiger partial charge >= 0.3 is 6.09 Å². The number of ether oxygens (including phenoxy) is 1. The van der Waals surface area contributed by atoms with E-state index in [1.54, 1.807) is 7.05 Å². The van der Waals surface area contributed by atoms with Gasteiger partial charge in [-0.2, -0.15) is 0 Å². The maximum absolute atomic E-state index is 11.6. The molecule has 4 nitrogen and oxygen atoms in total. The van der Waals surface area contributed by atoms with Crippen molar-refractivity contribution in [2.75, 3.05) is 27.7 Å². The summed E-state index contributed by atoms with van der Waals surface area (Å²) in [6, 6.07) is 7.97. The number of hydrogen-bond acceptors (Lipinski definition) is 3. The Morgan fingerprint density at radius 1 is 1.22 bits per heavy atom. The van der Waals surface area contributed by atoms with Crippen LogP contribution < -0.4 is 4.74 Å². The van der Waals surface area contributed by atoms with E-state index >= 15 is 0 Å². The van der Waals surface area contributed by atoms with Crippen molar-refractivity contribution < 1.29 is 9.53 Å². The van der Waals surface area contributed by atoms with Crippen LogP contribution in [0.3, 0.4) is 0 Å². The standard InChI is InChI=1S/C14H22N2O2/c1-6-16(5)14(17)18-13-9-7-12(8-10-13)11(2)15(3)4/h7-11H,6H2,1-5H3. The predicted octanol–water partition coefficient (Wildman–Crippen LogP) is 2.76. The fraction of sp³-hybridized carbons (Fsp3) is 0.500. The van der Waals surface area contributed by atoms with E-state index in [1.807, 2.05) is 45.3 Å². The minimum Gasteiger partial charge on any atom is -0.410 e. The van der Waals surface area contributed by atoms with Gasteiger partial charge in [-0.15, -0.1) is 0 Å². The topological polar surface area (TPSA) is 32.8 Å². The third kappa shape index (κ3) is 3.74. The van der Waals surface area contributed by atoms with Crippen LogP contribution in [0.25, 0.3) is 0 Å². The number of benzene rings is 1. The van der Waals surface area contributed by atoms with E-state index in [0.717, 1.165) is 0 Å². The van der Waals surface area contributed by atoms with Gasteiger partial charge in [-0.3, -0.25) is 0 Å². The number of carbonyl (C=O) groups excluding carboxylic acids is 1. The molecule has 0 aliphatic rings. The van der Waals surface area contributed by atoms with Crippen molar-refractivity contribution in [3.05, 3.63) is 29.8 Å². The molecule has 18 heavy (non-hydrogen) atoms. The van der Waals surface area contributed by atoms with Gasteiger partial charge < -0.3 is 14.5 Å². The second-order valence-electron chi connectivity index (χ2n) is 4.59. The van der Waals surface area contributed by atoms with Crippen molar-refractivity contribution in [3.63, 3.8) is 0 Å². The Hall–Kier alpha value is -1.55. The van der Waals surface area contributed by atoms with E-state index in [9.17, 15) is 4.79 Å². The van der Waals surface area contributed by atoms with Crippen molar-refractivity contribution in [1.29, 1.82) is 0 Å². The van der Waals surface area contributed by atoms with Crippen LogP contribution in [0.2, 0.25) is 0 Å². The van der Waals surface area contributed by atoms with Crippen molar-refractivity contribution in [1.82, 2.24) is 9.80 Å². The summed E-state index contributed by atoms with van der Waals surface area (Å²) in [5.41, 5.74) is 1.20. The maximum Gasteiger partial charge on any atom is 0.414 e. The predicted molar refractivity (Wildman–Crippen MR) is 72.9 cm³/mol. The first-order chi connectivity index (χ1) is 8.45. The quantitative estimate of drug-likeness (QED) is 0.823. The van der Waals surface area contributed by atoms with Gasteiger partial charge in [-0.05, 0) is 45.6 Å². The van der Waals surface area contributed by atoms with E-state index in [1.165, 1.54) is 10.5 Å². The van der Waals surface area contributed by atoms with Crippen LogP contribution in [0.4, 0.5) is 4.79 Å². The Balaban J connectivity index is 2.69. The third-order valence-corrected chi connectivity index (χ3v) is 3.13. The van der Waals surface area contributed by atoms with Crippen LogP contribution in [0.1, 0.15) is 25.5 Å². The molecule has 0 aromatic heterocycles. The van der Waals surface area contributed by atoms with Crippen LogP contribution in [0, 0.1) is 0 Å². The molecule has 1 atom stereocenters. The molecule has 100 valence electrons. The lowest BCUT2D eigenvalue weighted by Gasteiger charge is -2.20. The average molecular weight is 250 g/mol. The van der Waals surface area contributed by atoms with Crippen molar-refractivity contribution >= 4 is 6.09 Å². The zero-order chi connectivity index (χ0) is 13.7. The molecule has 1 rings (SSSR count). The molecule has 0 saturated heterocycles. The number of carbonyl (C=O) groups is 1. The summed E-state index contributed by atoms with van der Waals surface area (Å²) in [4.78, 5) is 15.2.